The van der Waals surface area contributed by atoms with E-state index in [1.54, 1.807) is 55.8 Å². The maximum Gasteiger partial charge on any atom is 0.255 e. The quantitative estimate of drug-likeness (QED) is 0.144. The minimum Gasteiger partial charge on any atom is -0.497 e. The Morgan fingerprint density at radius 3 is 2.52 bits per heavy atom. The van der Waals surface area contributed by atoms with E-state index in [-0.39, 0.29) is 5.56 Å². The summed E-state index contributed by atoms with van der Waals surface area (Å²) in [7, 11) is 3.43. The van der Waals surface area contributed by atoms with Crippen molar-refractivity contribution < 1.29 is 23.0 Å². The van der Waals surface area contributed by atoms with E-state index >= 15 is 0 Å². The van der Waals surface area contributed by atoms with Crippen LogP contribution in [0.25, 0.3) is 28.3 Å². The Kier molecular flexibility index (Phi) is 8.79. The van der Waals surface area contributed by atoms with Crippen molar-refractivity contribution in [3.05, 3.63) is 115 Å². The fourth-order valence-corrected chi connectivity index (χ4v) is 4.82. The molecule has 0 saturated heterocycles. The molecule has 1 amide bonds. The zero-order valence-electron chi connectivity index (χ0n) is 24.9. The maximum absolute atomic E-state index is 14.2. The lowest BCUT2D eigenvalue weighted by Crippen LogP contribution is -2.15. The van der Waals surface area contributed by atoms with Crippen molar-refractivity contribution in [3.63, 3.8) is 0 Å². The number of likely N-dealkylation sites (N-methyl/N-ethyl adjacent to an activating group) is 1. The van der Waals surface area contributed by atoms with E-state index in [1.165, 1.54) is 6.07 Å². The van der Waals surface area contributed by atoms with Gasteiger partial charge >= 0.3 is 0 Å². The van der Waals surface area contributed by atoms with Crippen molar-refractivity contribution in [1.29, 1.82) is 0 Å². The second kappa shape index (κ2) is 13.4. The van der Waals surface area contributed by atoms with Crippen LogP contribution in [-0.2, 0) is 0 Å². The Morgan fingerprint density at radius 2 is 1.72 bits per heavy atom. The van der Waals surface area contributed by atoms with E-state index in [2.05, 4.69) is 20.9 Å². The monoisotopic (exact) mass is 621 g/mol. The highest BCUT2D eigenvalue weighted by atomic mass is 19.1. The summed E-state index contributed by atoms with van der Waals surface area (Å²) in [6.07, 6.45) is 3.45. The number of aromatic nitrogens is 4. The number of benzene rings is 3. The van der Waals surface area contributed by atoms with Crippen LogP contribution in [0.1, 0.15) is 10.4 Å². The number of methoxy groups -OCH3 is 1. The van der Waals surface area contributed by atoms with Gasteiger partial charge in [0.2, 0.25) is 5.95 Å². The minimum atomic E-state index is -0.873. The predicted molar refractivity (Wildman–Crippen MR) is 172 cm³/mol. The summed E-state index contributed by atoms with van der Waals surface area (Å²) < 4.78 is 41.5. The van der Waals surface area contributed by atoms with Crippen LogP contribution in [0.4, 0.5) is 26.1 Å². The Labute approximate surface area is 263 Å². The number of amides is 1. The fourth-order valence-electron chi connectivity index (χ4n) is 4.82. The highest BCUT2D eigenvalue weighted by Crippen LogP contribution is 2.34. The van der Waals surface area contributed by atoms with Crippen LogP contribution < -0.4 is 25.4 Å². The molecule has 46 heavy (non-hydrogen) atoms. The van der Waals surface area contributed by atoms with Crippen LogP contribution in [0.2, 0.25) is 0 Å². The van der Waals surface area contributed by atoms with Gasteiger partial charge in [0.1, 0.15) is 41.1 Å². The van der Waals surface area contributed by atoms with Crippen LogP contribution in [0.15, 0.2) is 97.3 Å². The van der Waals surface area contributed by atoms with Gasteiger partial charge in [-0.1, -0.05) is 24.3 Å². The molecule has 3 aromatic carbocycles. The number of halogens is 2. The number of carbonyl (C=O) groups is 1. The number of anilines is 3. The van der Waals surface area contributed by atoms with Crippen molar-refractivity contribution in [1.82, 2.24) is 24.7 Å². The molecule has 0 fully saturated rings. The van der Waals surface area contributed by atoms with Gasteiger partial charge in [-0.2, -0.15) is 0 Å². The first-order valence-corrected chi connectivity index (χ1v) is 14.3. The summed E-state index contributed by atoms with van der Waals surface area (Å²) in [6.45, 7) is 1.24. The normalized spacial score (nSPS) is 11.0. The smallest absolute Gasteiger partial charge is 0.255 e. The Bertz CT molecular complexity index is 2010. The number of nitrogens with zero attached hydrogens (tertiary/aromatic N) is 4. The van der Waals surface area contributed by atoms with Crippen LogP contribution in [0, 0.1) is 11.6 Å². The Balaban J connectivity index is 1.37. The molecule has 232 valence electrons. The molecule has 0 radical (unpaired) electrons. The van der Waals surface area contributed by atoms with E-state index < -0.39 is 23.2 Å². The summed E-state index contributed by atoms with van der Waals surface area (Å²) in [6, 6.07) is 22.9. The number of carbonyl (C=O) groups excluding carboxylic acids is 1. The van der Waals surface area contributed by atoms with Gasteiger partial charge in [-0.15, -0.1) is 0 Å². The Morgan fingerprint density at radius 1 is 0.913 bits per heavy atom. The predicted octanol–water partition coefficient (Wildman–Crippen LogP) is 6.34. The van der Waals surface area contributed by atoms with Crippen LogP contribution in [-0.4, -0.2) is 52.6 Å². The van der Waals surface area contributed by atoms with Crippen LogP contribution >= 0.6 is 0 Å². The second-order valence-electron chi connectivity index (χ2n) is 10.1. The van der Waals surface area contributed by atoms with Gasteiger partial charge in [-0.3, -0.25) is 9.20 Å². The molecule has 0 saturated carbocycles. The van der Waals surface area contributed by atoms with Gasteiger partial charge < -0.3 is 25.4 Å². The molecular weight excluding hydrogens is 592 g/mol. The molecule has 0 unspecified atom stereocenters. The summed E-state index contributed by atoms with van der Waals surface area (Å²) in [4.78, 5) is 27.2. The third kappa shape index (κ3) is 6.47. The van der Waals surface area contributed by atoms with E-state index in [1.807, 2.05) is 41.9 Å². The molecule has 0 aliphatic rings. The molecule has 0 atom stereocenters. The molecular formula is C34H29F2N7O3. The fraction of sp³-hybridized carbons (Fsp3) is 0.118. The van der Waals surface area contributed by atoms with Gasteiger partial charge in [0.15, 0.2) is 0 Å². The van der Waals surface area contributed by atoms with Gasteiger partial charge in [0, 0.05) is 47.9 Å². The first-order valence-electron chi connectivity index (χ1n) is 14.3. The highest BCUT2D eigenvalue weighted by molar-refractivity contribution is 6.05. The minimum absolute atomic E-state index is 0.183. The largest absolute Gasteiger partial charge is 0.497 e. The van der Waals surface area contributed by atoms with E-state index in [0.717, 1.165) is 17.8 Å². The van der Waals surface area contributed by atoms with E-state index in [4.69, 9.17) is 19.4 Å². The first kappa shape index (κ1) is 30.2. The number of imidazole rings is 1. The lowest BCUT2D eigenvalue weighted by atomic mass is 10.0. The number of hydrogen-bond acceptors (Lipinski definition) is 8. The number of ether oxygens (including phenoxy) is 2. The van der Waals surface area contributed by atoms with E-state index in [9.17, 15) is 13.6 Å². The van der Waals surface area contributed by atoms with Gasteiger partial charge in [-0.05, 0) is 55.6 Å². The maximum atomic E-state index is 14.2. The number of rotatable bonds is 11. The molecule has 6 aromatic rings. The Hall–Kier alpha value is -5.88. The highest BCUT2D eigenvalue weighted by Gasteiger charge is 2.20. The molecule has 3 N–H and O–H groups in total. The summed E-state index contributed by atoms with van der Waals surface area (Å²) in [5.41, 5.74) is 3.26. The van der Waals surface area contributed by atoms with Gasteiger partial charge in [0.25, 0.3) is 5.91 Å². The zero-order chi connectivity index (χ0) is 32.0. The summed E-state index contributed by atoms with van der Waals surface area (Å²) in [5.74, 6) is -0.763. The molecule has 0 spiro atoms. The van der Waals surface area contributed by atoms with Crippen molar-refractivity contribution in [2.75, 3.05) is 37.9 Å². The van der Waals surface area contributed by atoms with Crippen molar-refractivity contribution in [3.8, 4) is 34.1 Å². The van der Waals surface area contributed by atoms with Crippen molar-refractivity contribution >= 4 is 28.9 Å². The SMILES string of the molecule is CNCCOc1cccc(Nc2nccc(-c3c(-c4cccc(C(=O)Nc5c(F)cccc5F)c4)nc4cc(OC)ccn34)n2)c1. The topological polar surface area (TPSA) is 115 Å². The van der Waals surface area contributed by atoms with Crippen LogP contribution in [0.5, 0.6) is 11.5 Å². The molecule has 0 aliphatic carbocycles. The molecule has 12 heteroatoms. The lowest BCUT2D eigenvalue weighted by molar-refractivity contribution is 0.102. The average molecular weight is 622 g/mol. The third-order valence-electron chi connectivity index (χ3n) is 7.04. The third-order valence-corrected chi connectivity index (χ3v) is 7.04. The average Bonchev–Trinajstić information content (AvgIpc) is 3.46. The molecule has 3 heterocycles. The number of para-hydroxylation sites is 1. The lowest BCUT2D eigenvalue weighted by Gasteiger charge is -2.11. The molecule has 0 aliphatic heterocycles. The van der Waals surface area contributed by atoms with Gasteiger partial charge in [0.05, 0.1) is 24.2 Å². The number of fused-ring (bicyclic) bond motifs is 1. The first-order chi connectivity index (χ1) is 22.4. The zero-order valence-corrected chi connectivity index (χ0v) is 24.9. The molecule has 6 rings (SSSR count). The molecule has 3 aromatic heterocycles. The molecule has 10 nitrogen and oxygen atoms in total. The number of pyridine rings is 1. The van der Waals surface area contributed by atoms with Crippen molar-refractivity contribution in [2.45, 2.75) is 0 Å². The summed E-state index contributed by atoms with van der Waals surface area (Å²) >= 11 is 0. The number of nitrogens with one attached hydrogen (secondary N) is 3. The van der Waals surface area contributed by atoms with E-state index in [0.29, 0.717) is 58.9 Å². The second-order valence-corrected chi connectivity index (χ2v) is 10.1. The summed E-state index contributed by atoms with van der Waals surface area (Å²) in [5, 5.41) is 8.62. The van der Waals surface area contributed by atoms with Crippen molar-refractivity contribution in [2.24, 2.45) is 0 Å². The van der Waals surface area contributed by atoms with Crippen LogP contribution in [0.3, 0.4) is 0 Å². The number of hydrogen-bond donors (Lipinski definition) is 3. The standard InChI is InChI=1S/C34H29F2N7O3/c1-37-15-17-46-25-9-4-8-23(19-25)39-34-38-14-12-28(40-34)32-30(41-29-20-24(45-2)13-16-43(29)32)21-6-3-7-22(18-21)33(44)42-31-26(35)10-5-11-27(31)36/h3-14,16,18-20,37H,15,17H2,1-2H3,(H,42,44)(H,38,39,40). The molecule has 0 bridgehead atoms. The van der Waals surface area contributed by atoms with Gasteiger partial charge in [-0.25, -0.2) is 23.7 Å².